The van der Waals surface area contributed by atoms with Crippen LogP contribution >= 0.6 is 0 Å². The number of hydroxylamine groups is 1. The van der Waals surface area contributed by atoms with Crippen LogP contribution in [0.4, 0.5) is 0 Å². The zero-order chi connectivity index (χ0) is 13.0. The average molecular weight is 245 g/mol. The molecule has 1 heterocycles. The van der Waals surface area contributed by atoms with E-state index in [2.05, 4.69) is 4.74 Å². The fraction of sp³-hybridized carbons (Fsp3) is 0.0769. The molecule has 0 unspecified atom stereocenters. The Morgan fingerprint density at radius 3 is 2.72 bits per heavy atom. The molecule has 0 N–H and O–H groups in total. The number of nitrogens with zero attached hydrogens (tertiary/aromatic N) is 1. The van der Waals surface area contributed by atoms with Gasteiger partial charge in [0.05, 0.1) is 13.4 Å². The van der Waals surface area contributed by atoms with E-state index < -0.39 is 11.9 Å². The lowest BCUT2D eigenvalue weighted by atomic mass is 10.1. The quantitative estimate of drug-likeness (QED) is 0.440. The Labute approximate surface area is 104 Å². The smallest absolute Gasteiger partial charge is 0.417 e. The molecule has 0 saturated carbocycles. The first-order chi connectivity index (χ1) is 8.74. The van der Waals surface area contributed by atoms with Gasteiger partial charge in [0, 0.05) is 10.8 Å². The van der Waals surface area contributed by atoms with Gasteiger partial charge in [-0.3, -0.25) is 0 Å². The Bertz CT molecular complexity index is 543. The summed E-state index contributed by atoms with van der Waals surface area (Å²) in [5, 5.41) is 11.9. The number of carbonyl (C=O) groups is 1. The molecule has 5 nitrogen and oxygen atoms in total. The minimum atomic E-state index is -0.659. The fourth-order valence-electron chi connectivity index (χ4n) is 1.51. The van der Waals surface area contributed by atoms with Crippen LogP contribution in [0.2, 0.25) is 0 Å². The largest absolute Gasteiger partial charge is 0.819 e. The SMILES string of the molecule is CO/C=C\C=[N+]1/OC(=O)C(c2ccccc2)=C1[O-]. The lowest BCUT2D eigenvalue weighted by Gasteiger charge is -1.99. The van der Waals surface area contributed by atoms with Gasteiger partial charge in [0.2, 0.25) is 12.1 Å². The predicted molar refractivity (Wildman–Crippen MR) is 61.9 cm³/mol. The number of hydrogen-bond donors (Lipinski definition) is 0. The Morgan fingerprint density at radius 1 is 1.33 bits per heavy atom. The zero-order valence-electron chi connectivity index (χ0n) is 9.70. The third-order valence-corrected chi connectivity index (χ3v) is 2.30. The highest BCUT2D eigenvalue weighted by molar-refractivity contribution is 6.17. The molecule has 0 atom stereocenters. The second-order valence-corrected chi connectivity index (χ2v) is 3.46. The van der Waals surface area contributed by atoms with Crippen LogP contribution in [0.25, 0.3) is 5.57 Å². The number of carbonyl (C=O) groups excluding carboxylic acids is 1. The molecule has 0 saturated heterocycles. The highest BCUT2D eigenvalue weighted by atomic mass is 16.7. The number of allylic oxidation sites excluding steroid dienone is 1. The van der Waals surface area contributed by atoms with Crippen LogP contribution in [0.5, 0.6) is 0 Å². The maximum atomic E-state index is 11.9. The van der Waals surface area contributed by atoms with Gasteiger partial charge in [0.1, 0.15) is 5.57 Å². The standard InChI is InChI=1S/C13H11NO4/c1-17-9-5-8-14-12(15)11(13(16)18-14)10-6-3-2-4-7-10/h2-9H,1H3/b9-5-,14-8-. The third-order valence-electron chi connectivity index (χ3n) is 2.30. The van der Waals surface area contributed by atoms with Crippen LogP contribution in [0.1, 0.15) is 5.56 Å². The predicted octanol–water partition coefficient (Wildman–Crippen LogP) is 0.431. The third kappa shape index (κ3) is 2.24. The van der Waals surface area contributed by atoms with Crippen molar-refractivity contribution in [3.05, 3.63) is 54.1 Å². The molecule has 1 aliphatic rings. The van der Waals surface area contributed by atoms with Crippen LogP contribution in [0, 0.1) is 0 Å². The van der Waals surface area contributed by atoms with E-state index in [-0.39, 0.29) is 5.57 Å². The summed E-state index contributed by atoms with van der Waals surface area (Å²) in [5.74, 6) is -1.15. The van der Waals surface area contributed by atoms with Gasteiger partial charge in [-0.25, -0.2) is 4.79 Å². The van der Waals surface area contributed by atoms with Gasteiger partial charge >= 0.3 is 5.97 Å². The van der Waals surface area contributed by atoms with E-state index in [0.29, 0.717) is 5.56 Å². The van der Waals surface area contributed by atoms with Crippen molar-refractivity contribution in [1.29, 1.82) is 0 Å². The van der Waals surface area contributed by atoms with E-state index in [9.17, 15) is 9.90 Å². The van der Waals surface area contributed by atoms with Crippen molar-refractivity contribution in [3.8, 4) is 0 Å². The number of benzene rings is 1. The molecule has 1 aromatic rings. The van der Waals surface area contributed by atoms with Crippen molar-refractivity contribution in [3.63, 3.8) is 0 Å². The summed E-state index contributed by atoms with van der Waals surface area (Å²) < 4.78 is 5.55. The molecule has 92 valence electrons. The van der Waals surface area contributed by atoms with Crippen molar-refractivity contribution in [2.75, 3.05) is 7.11 Å². The van der Waals surface area contributed by atoms with Gasteiger partial charge in [0.25, 0.3) is 0 Å². The maximum absolute atomic E-state index is 11.9. The minimum Gasteiger partial charge on any atom is -0.819 e. The first-order valence-corrected chi connectivity index (χ1v) is 5.25. The van der Waals surface area contributed by atoms with Crippen LogP contribution in [0.15, 0.2) is 48.6 Å². The molecule has 0 aromatic heterocycles. The van der Waals surface area contributed by atoms with Gasteiger partial charge < -0.3 is 9.84 Å². The molecule has 1 aliphatic heterocycles. The molecule has 2 rings (SSSR count). The normalized spacial score (nSPS) is 17.6. The number of ether oxygens (including phenoxy) is 1. The molecule has 0 radical (unpaired) electrons. The molecule has 0 amide bonds. The van der Waals surface area contributed by atoms with Crippen molar-refractivity contribution in [2.45, 2.75) is 0 Å². The molecule has 0 fully saturated rings. The molecular weight excluding hydrogens is 234 g/mol. The van der Waals surface area contributed by atoms with Crippen LogP contribution in [0.3, 0.4) is 0 Å². The lowest BCUT2D eigenvalue weighted by Crippen LogP contribution is -2.17. The molecule has 0 bridgehead atoms. The molecule has 5 heteroatoms. The maximum Gasteiger partial charge on any atom is 0.417 e. The van der Waals surface area contributed by atoms with E-state index in [1.807, 2.05) is 0 Å². The van der Waals surface area contributed by atoms with Gasteiger partial charge in [-0.15, -0.1) is 0 Å². The molecule has 1 aromatic carbocycles. The lowest BCUT2D eigenvalue weighted by molar-refractivity contribution is -0.770. The molecular formula is C13H11NO4. The van der Waals surface area contributed by atoms with E-state index in [4.69, 9.17) is 4.84 Å². The number of methoxy groups -OCH3 is 1. The minimum absolute atomic E-state index is 0.0256. The van der Waals surface area contributed by atoms with E-state index >= 15 is 0 Å². The zero-order valence-corrected chi connectivity index (χ0v) is 9.70. The first-order valence-electron chi connectivity index (χ1n) is 5.25. The van der Waals surface area contributed by atoms with E-state index in [0.717, 1.165) is 4.74 Å². The van der Waals surface area contributed by atoms with Crippen LogP contribution in [-0.4, -0.2) is 24.0 Å². The van der Waals surface area contributed by atoms with E-state index in [1.54, 1.807) is 30.3 Å². The first kappa shape index (κ1) is 11.9. The van der Waals surface area contributed by atoms with Crippen LogP contribution < -0.4 is 5.11 Å². The number of rotatable bonds is 3. The Kier molecular flexibility index (Phi) is 3.43. The van der Waals surface area contributed by atoms with Gasteiger partial charge in [-0.05, 0) is 5.56 Å². The summed E-state index contributed by atoms with van der Waals surface area (Å²) in [6.45, 7) is 0. The Morgan fingerprint density at radius 2 is 2.06 bits per heavy atom. The van der Waals surface area contributed by atoms with Gasteiger partial charge in [0.15, 0.2) is 0 Å². The Hall–Kier alpha value is -2.56. The topological polar surface area (TPSA) is 61.6 Å². The van der Waals surface area contributed by atoms with Crippen molar-refractivity contribution < 1.29 is 24.2 Å². The van der Waals surface area contributed by atoms with E-state index in [1.165, 1.54) is 25.7 Å². The van der Waals surface area contributed by atoms with Gasteiger partial charge in [-0.1, -0.05) is 30.3 Å². The second kappa shape index (κ2) is 5.18. The van der Waals surface area contributed by atoms with Crippen molar-refractivity contribution in [2.24, 2.45) is 0 Å². The number of hydrogen-bond acceptors (Lipinski definition) is 4. The summed E-state index contributed by atoms with van der Waals surface area (Å²) in [7, 11) is 1.48. The fourth-order valence-corrected chi connectivity index (χ4v) is 1.51. The summed E-state index contributed by atoms with van der Waals surface area (Å²) >= 11 is 0. The molecule has 0 aliphatic carbocycles. The highest BCUT2D eigenvalue weighted by Gasteiger charge is 2.33. The van der Waals surface area contributed by atoms with Gasteiger partial charge in [-0.2, -0.15) is 4.84 Å². The van der Waals surface area contributed by atoms with Crippen LogP contribution in [-0.2, 0) is 14.4 Å². The Balaban J connectivity index is 2.38. The summed E-state index contributed by atoms with van der Waals surface area (Å²) in [4.78, 5) is 16.5. The molecule has 0 spiro atoms. The highest BCUT2D eigenvalue weighted by Crippen LogP contribution is 2.23. The summed E-state index contributed by atoms with van der Waals surface area (Å²) in [6, 6.07) is 8.67. The summed E-state index contributed by atoms with van der Waals surface area (Å²) in [6.07, 6.45) is 4.14. The average Bonchev–Trinajstić information content (AvgIpc) is 2.66. The van der Waals surface area contributed by atoms with Crippen molar-refractivity contribution in [1.82, 2.24) is 0 Å². The van der Waals surface area contributed by atoms with Crippen molar-refractivity contribution >= 4 is 17.8 Å². The monoisotopic (exact) mass is 245 g/mol. The summed E-state index contributed by atoms with van der Waals surface area (Å²) in [5.41, 5.74) is 0.566. The molecule has 18 heavy (non-hydrogen) atoms. The second-order valence-electron chi connectivity index (χ2n) is 3.46.